The molecule has 15 aromatic rings. The largest absolute Gasteiger partial charge is 0.311 e. The number of para-hydroxylation sites is 8. The fourth-order valence-electron chi connectivity index (χ4n) is 14.4. The molecule has 410 valence electrons. The van der Waals surface area contributed by atoms with E-state index in [0.29, 0.717) is 33.9 Å². The lowest BCUT2D eigenvalue weighted by Crippen LogP contribution is -2.61. The normalized spacial score (nSPS) is 15.1. The Balaban J connectivity index is 0.975. The van der Waals surface area contributed by atoms with E-state index in [1.54, 1.807) is 12.1 Å². The highest BCUT2D eigenvalue weighted by molar-refractivity contribution is 7.00. The van der Waals surface area contributed by atoms with Crippen LogP contribution in [0.3, 0.4) is 0 Å². The molecule has 2 aromatic heterocycles. The van der Waals surface area contributed by atoms with Crippen LogP contribution in [0.15, 0.2) is 285 Å². The molecule has 17 rings (SSSR count). The van der Waals surface area contributed by atoms with Gasteiger partial charge in [-0.3, -0.25) is 0 Å². The summed E-state index contributed by atoms with van der Waals surface area (Å²) < 4.78 is 113. The molecule has 0 aliphatic carbocycles. The molecule has 0 atom stereocenters. The Hall–Kier alpha value is -10.9. The number of benzene rings is 13. The maximum Gasteiger partial charge on any atom is 0.252 e. The summed E-state index contributed by atoms with van der Waals surface area (Å²) in [5.74, 6) is 0. The van der Waals surface area contributed by atoms with Crippen LogP contribution in [0.5, 0.6) is 0 Å². The van der Waals surface area contributed by atoms with Crippen molar-refractivity contribution in [2.24, 2.45) is 0 Å². The van der Waals surface area contributed by atoms with Crippen LogP contribution in [0.4, 0.5) is 34.1 Å². The third-order valence-electron chi connectivity index (χ3n) is 18.0. The van der Waals surface area contributed by atoms with Gasteiger partial charge in [-0.05, 0) is 161 Å². The molecule has 0 saturated carbocycles. The van der Waals surface area contributed by atoms with Crippen LogP contribution in [0.1, 0.15) is 38.7 Å². The topological polar surface area (TPSA) is 16.3 Å². The molecule has 0 N–H and O–H groups in total. The van der Waals surface area contributed by atoms with Crippen LogP contribution in [0, 0.1) is 27.4 Å². The minimum Gasteiger partial charge on any atom is -0.311 e. The van der Waals surface area contributed by atoms with Gasteiger partial charge in [-0.25, -0.2) is 0 Å². The van der Waals surface area contributed by atoms with E-state index in [-0.39, 0.29) is 33.4 Å². The molecule has 0 amide bonds. The number of fused-ring (bicyclic) bond motifs is 10. The van der Waals surface area contributed by atoms with Gasteiger partial charge in [0.05, 0.1) is 44.8 Å². The molecule has 4 heterocycles. The Morgan fingerprint density at radius 3 is 0.954 bits per heavy atom. The van der Waals surface area contributed by atoms with Crippen molar-refractivity contribution in [1.82, 2.24) is 9.13 Å². The first-order valence-corrected chi connectivity index (χ1v) is 29.4. The molecule has 2 aliphatic rings. The zero-order valence-electron chi connectivity index (χ0n) is 59.0. The minimum atomic E-state index is -2.73. The van der Waals surface area contributed by atoms with Crippen molar-refractivity contribution in [3.63, 3.8) is 0 Å². The highest BCUT2D eigenvalue weighted by Gasteiger charge is 2.44. The highest BCUT2D eigenvalue weighted by atomic mass is 15.2. The smallest absolute Gasteiger partial charge is 0.252 e. The van der Waals surface area contributed by atoms with Crippen molar-refractivity contribution < 1.29 is 16.4 Å². The van der Waals surface area contributed by atoms with Crippen molar-refractivity contribution >= 4 is 101 Å². The van der Waals surface area contributed by atoms with Crippen molar-refractivity contribution in [3.05, 3.63) is 307 Å². The Bertz CT molecular complexity index is 5300. The number of aryl methyl sites for hydroxylation is 4. The fraction of sp³-hybridized carbons (Fsp3) is 0.0488. The zero-order valence-corrected chi connectivity index (χ0v) is 47.0. The lowest BCUT2D eigenvalue weighted by atomic mass is 9.33. The van der Waals surface area contributed by atoms with Gasteiger partial charge < -0.3 is 18.9 Å². The molecule has 87 heavy (non-hydrogen) atoms. The zero-order chi connectivity index (χ0) is 68.0. The van der Waals surface area contributed by atoms with Crippen molar-refractivity contribution in [1.29, 1.82) is 0 Å². The molecule has 0 radical (unpaired) electrons. The van der Waals surface area contributed by atoms with Crippen LogP contribution >= 0.6 is 0 Å². The lowest BCUT2D eigenvalue weighted by molar-refractivity contribution is 1.18. The molecule has 0 fully saturated rings. The molecule has 0 bridgehead atoms. The van der Waals surface area contributed by atoms with Gasteiger partial charge in [0.1, 0.15) is 0 Å². The van der Waals surface area contributed by atoms with Gasteiger partial charge in [0.2, 0.25) is 0 Å². The summed E-state index contributed by atoms with van der Waals surface area (Å²) >= 11 is 0. The van der Waals surface area contributed by atoms with Crippen LogP contribution in [-0.4, -0.2) is 15.8 Å². The van der Waals surface area contributed by atoms with Crippen molar-refractivity contribution in [2.45, 2.75) is 27.4 Å². The maximum absolute atomic E-state index is 9.00. The quantitative estimate of drug-likeness (QED) is 0.141. The second-order valence-corrected chi connectivity index (χ2v) is 22.6. The molecule has 4 nitrogen and oxygen atoms in total. The lowest BCUT2D eigenvalue weighted by Gasteiger charge is -2.45. The summed E-state index contributed by atoms with van der Waals surface area (Å²) in [6.07, 6.45) is 0. The average molecular weight is 1120 g/mol. The number of nitrogens with zero attached hydrogens (tertiary/aromatic N) is 4. The Morgan fingerprint density at radius 1 is 0.264 bits per heavy atom. The van der Waals surface area contributed by atoms with Crippen LogP contribution in [0.2, 0.25) is 0 Å². The minimum absolute atomic E-state index is 0.0852. The Morgan fingerprint density at radius 2 is 0.575 bits per heavy atom. The summed E-state index contributed by atoms with van der Waals surface area (Å²) in [6.45, 7) is -11.5. The van der Waals surface area contributed by atoms with E-state index in [4.69, 9.17) is 16.4 Å². The third-order valence-corrected chi connectivity index (χ3v) is 18.0. The number of anilines is 6. The molecule has 0 saturated heterocycles. The second kappa shape index (κ2) is 19.9. The molecule has 2 aliphatic heterocycles. The number of aromatic nitrogens is 2. The second-order valence-electron chi connectivity index (χ2n) is 22.6. The van der Waals surface area contributed by atoms with Gasteiger partial charge in [0, 0.05) is 83.0 Å². The first kappa shape index (κ1) is 39.6. The molecule has 0 spiro atoms. The summed E-state index contributed by atoms with van der Waals surface area (Å²) in [5, 5.41) is 4.45. The van der Waals surface area contributed by atoms with Crippen molar-refractivity contribution in [2.75, 3.05) is 9.80 Å². The SMILES string of the molecule is [2H]C([2H])([2H])c1cccc(C([2H])([2H])[2H])c1-c1ccccc1N1c2cc(-c3ccccc3-n3c4ccccc4c4ccccc43)ccc2B2c3ccc(-c4ccccc4-n4c5ccccc5c5ccccc54)cc3N(c3ccccc3-c3c(C([2H])([2H])[2H])cccc3C([2H])([2H])[2H])c3cccc1c32. The number of hydrogen-bond donors (Lipinski definition) is 0. The molecule has 0 unspecified atom stereocenters. The monoisotopic (exact) mass is 1120 g/mol. The van der Waals surface area contributed by atoms with E-state index < -0.39 is 34.1 Å². The van der Waals surface area contributed by atoms with E-state index in [1.807, 2.05) is 66.7 Å². The fourth-order valence-corrected chi connectivity index (χ4v) is 14.4. The summed E-state index contributed by atoms with van der Waals surface area (Å²) in [6, 6.07) is 93.4. The summed E-state index contributed by atoms with van der Waals surface area (Å²) in [7, 11) is 0. The standard InChI is InChI=1S/C82H59BN4/c1-52-24-21-25-53(2)80(52)64-34-11-19-42-74(64)86-76-44-23-45-77-82(76)83(66-48-46-56(50-78(66)86)58-28-5-13-36-68(58)84-70-38-15-7-30-60(70)61-31-8-16-39-71(61)84)67-49-47-57(51-79(67)87(77)75-43-20-12-35-65(75)81-54(3)26-22-27-55(81)4)59-29-6-14-37-69(59)85-72-40-17-9-32-62(72)63-33-10-18-41-73(63)85/h5-51H,1-4H3/i1D3,2D3,3D3,4D3. The molecule has 13 aromatic carbocycles. The van der Waals surface area contributed by atoms with Gasteiger partial charge in [-0.1, -0.05) is 212 Å². The van der Waals surface area contributed by atoms with Gasteiger partial charge in [0.15, 0.2) is 0 Å². The first-order chi connectivity index (χ1) is 47.7. The number of rotatable bonds is 8. The van der Waals surface area contributed by atoms with E-state index in [0.717, 1.165) is 105 Å². The van der Waals surface area contributed by atoms with Gasteiger partial charge in [0.25, 0.3) is 6.71 Å². The molecule has 5 heteroatoms. The Kier molecular flexibility index (Phi) is 9.05. The van der Waals surface area contributed by atoms with Gasteiger partial charge in [-0.15, -0.1) is 0 Å². The Labute approximate surface area is 524 Å². The van der Waals surface area contributed by atoms with Crippen LogP contribution < -0.4 is 26.2 Å². The molecular weight excluding hydrogens is 1050 g/mol. The van der Waals surface area contributed by atoms with Crippen LogP contribution in [0.25, 0.3) is 99.5 Å². The average Bonchev–Trinajstić information content (AvgIpc) is 1.27. The van der Waals surface area contributed by atoms with Gasteiger partial charge >= 0.3 is 0 Å². The number of hydrogen-bond acceptors (Lipinski definition) is 2. The van der Waals surface area contributed by atoms with E-state index >= 15 is 0 Å². The third kappa shape index (κ3) is 7.65. The van der Waals surface area contributed by atoms with Crippen LogP contribution in [-0.2, 0) is 0 Å². The predicted octanol–water partition coefficient (Wildman–Crippen LogP) is 19.9. The van der Waals surface area contributed by atoms with E-state index in [9.17, 15) is 0 Å². The van der Waals surface area contributed by atoms with E-state index in [2.05, 4.69) is 189 Å². The summed E-state index contributed by atoms with van der Waals surface area (Å²) in [5.41, 5.74) is 16.7. The summed E-state index contributed by atoms with van der Waals surface area (Å²) in [4.78, 5) is 4.29. The highest BCUT2D eigenvalue weighted by Crippen LogP contribution is 2.51. The first-order valence-electron chi connectivity index (χ1n) is 35.4. The molecular formula is C82H59BN4. The maximum atomic E-state index is 9.00. The van der Waals surface area contributed by atoms with E-state index in [1.165, 1.54) is 36.4 Å². The van der Waals surface area contributed by atoms with Gasteiger partial charge in [-0.2, -0.15) is 0 Å². The predicted molar refractivity (Wildman–Crippen MR) is 370 cm³/mol. The van der Waals surface area contributed by atoms with Crippen molar-refractivity contribution in [3.8, 4) is 55.9 Å².